The zero-order valence-electron chi connectivity index (χ0n) is 10.0. The van der Waals surface area contributed by atoms with Gasteiger partial charge in [-0.05, 0) is 18.2 Å². The number of nitriles is 2. The first-order valence-corrected chi connectivity index (χ1v) is 5.62. The summed E-state index contributed by atoms with van der Waals surface area (Å²) in [6.45, 7) is 0.483. The van der Waals surface area contributed by atoms with Crippen molar-refractivity contribution < 1.29 is 5.11 Å². The van der Waals surface area contributed by atoms with Gasteiger partial charge in [0.2, 0.25) is 0 Å². The predicted molar refractivity (Wildman–Crippen MR) is 69.8 cm³/mol. The van der Waals surface area contributed by atoms with Crippen LogP contribution in [0.3, 0.4) is 0 Å². The van der Waals surface area contributed by atoms with Crippen LogP contribution >= 0.6 is 0 Å². The first-order chi connectivity index (χ1) is 9.28. The standard InChI is InChI=1S/C13H11N5O/c14-6-10(7-15)8-16-12-1-2-13-11(5-12)9-17-18(13)3-4-19/h1-2,5,8-9,16,19H,3-4H2. The molecule has 0 fully saturated rings. The SMILES string of the molecule is N#CC(C#N)=CNc1ccc2c(cnn2CCO)c1. The summed E-state index contributed by atoms with van der Waals surface area (Å²) in [7, 11) is 0. The number of nitrogens with zero attached hydrogens (tertiary/aromatic N) is 4. The van der Waals surface area contributed by atoms with Gasteiger partial charge in [0.05, 0.1) is 24.9 Å². The number of aliphatic hydroxyl groups is 1. The second-order valence-electron chi connectivity index (χ2n) is 3.79. The number of hydrogen-bond acceptors (Lipinski definition) is 5. The van der Waals surface area contributed by atoms with Crippen LogP contribution in [0.15, 0.2) is 36.2 Å². The van der Waals surface area contributed by atoms with Crippen molar-refractivity contribution in [1.82, 2.24) is 9.78 Å². The molecule has 0 radical (unpaired) electrons. The molecule has 0 unspecified atom stereocenters. The van der Waals surface area contributed by atoms with E-state index in [2.05, 4.69) is 10.4 Å². The minimum atomic E-state index is 0.0103. The van der Waals surface area contributed by atoms with E-state index in [1.807, 2.05) is 18.2 Å². The molecule has 0 spiro atoms. The van der Waals surface area contributed by atoms with E-state index >= 15 is 0 Å². The van der Waals surface area contributed by atoms with Crippen molar-refractivity contribution in [3.63, 3.8) is 0 Å². The van der Waals surface area contributed by atoms with E-state index in [0.717, 1.165) is 16.6 Å². The normalized spacial score (nSPS) is 9.63. The number of hydrogen-bond donors (Lipinski definition) is 2. The Kier molecular flexibility index (Phi) is 3.77. The molecule has 0 bridgehead atoms. The molecule has 0 saturated carbocycles. The van der Waals surface area contributed by atoms with E-state index in [9.17, 15) is 0 Å². The zero-order chi connectivity index (χ0) is 13.7. The molecule has 1 aromatic carbocycles. The highest BCUT2D eigenvalue weighted by Crippen LogP contribution is 2.19. The largest absolute Gasteiger partial charge is 0.394 e. The molecule has 2 aromatic rings. The van der Waals surface area contributed by atoms with Crippen LogP contribution in [-0.2, 0) is 6.54 Å². The molecule has 2 N–H and O–H groups in total. The number of allylic oxidation sites excluding steroid dienone is 1. The summed E-state index contributed by atoms with van der Waals surface area (Å²) in [6.07, 6.45) is 3.06. The Labute approximate surface area is 109 Å². The van der Waals surface area contributed by atoms with E-state index < -0.39 is 0 Å². The topological polar surface area (TPSA) is 97.7 Å². The Balaban J connectivity index is 2.26. The smallest absolute Gasteiger partial charge is 0.145 e. The van der Waals surface area contributed by atoms with Gasteiger partial charge in [0, 0.05) is 17.3 Å². The fraction of sp³-hybridized carbons (Fsp3) is 0.154. The molecule has 0 aliphatic heterocycles. The maximum absolute atomic E-state index is 8.91. The molecule has 94 valence electrons. The lowest BCUT2D eigenvalue weighted by Crippen LogP contribution is -2.03. The minimum absolute atomic E-state index is 0.0103. The lowest BCUT2D eigenvalue weighted by atomic mass is 10.2. The molecule has 6 heteroatoms. The number of fused-ring (bicyclic) bond motifs is 1. The number of aliphatic hydroxyl groups excluding tert-OH is 1. The molecular formula is C13H11N5O. The molecule has 0 saturated heterocycles. The lowest BCUT2D eigenvalue weighted by molar-refractivity contribution is 0.271. The zero-order valence-corrected chi connectivity index (χ0v) is 10.0. The molecule has 2 rings (SSSR count). The van der Waals surface area contributed by atoms with Crippen LogP contribution < -0.4 is 5.32 Å². The third-order valence-corrected chi connectivity index (χ3v) is 2.58. The van der Waals surface area contributed by atoms with Crippen LogP contribution in [0.5, 0.6) is 0 Å². The molecule has 19 heavy (non-hydrogen) atoms. The third kappa shape index (κ3) is 2.71. The molecule has 0 aliphatic rings. The van der Waals surface area contributed by atoms with Crippen molar-refractivity contribution in [1.29, 1.82) is 10.5 Å². The first-order valence-electron chi connectivity index (χ1n) is 5.62. The highest BCUT2D eigenvalue weighted by Gasteiger charge is 2.02. The fourth-order valence-corrected chi connectivity index (χ4v) is 1.69. The second kappa shape index (κ2) is 5.67. The van der Waals surface area contributed by atoms with Gasteiger partial charge < -0.3 is 10.4 Å². The number of anilines is 1. The maximum atomic E-state index is 8.91. The molecule has 0 atom stereocenters. The molecule has 0 amide bonds. The van der Waals surface area contributed by atoms with E-state index in [1.165, 1.54) is 6.20 Å². The van der Waals surface area contributed by atoms with Crippen molar-refractivity contribution in [2.75, 3.05) is 11.9 Å². The van der Waals surface area contributed by atoms with Gasteiger partial charge in [0.1, 0.15) is 17.7 Å². The average Bonchev–Trinajstić information content (AvgIpc) is 2.83. The highest BCUT2D eigenvalue weighted by molar-refractivity contribution is 5.82. The van der Waals surface area contributed by atoms with Gasteiger partial charge in [0.25, 0.3) is 0 Å². The van der Waals surface area contributed by atoms with Gasteiger partial charge >= 0.3 is 0 Å². The van der Waals surface area contributed by atoms with Gasteiger partial charge in [0.15, 0.2) is 0 Å². The van der Waals surface area contributed by atoms with Crippen LogP contribution in [0.2, 0.25) is 0 Å². The van der Waals surface area contributed by atoms with Gasteiger partial charge in [-0.15, -0.1) is 0 Å². The van der Waals surface area contributed by atoms with Crippen molar-refractivity contribution in [2.45, 2.75) is 6.54 Å². The Morgan fingerprint density at radius 3 is 2.89 bits per heavy atom. The average molecular weight is 253 g/mol. The summed E-state index contributed by atoms with van der Waals surface area (Å²) in [5.74, 6) is 0. The Hall–Kier alpha value is -2.83. The van der Waals surface area contributed by atoms with Gasteiger partial charge in [-0.1, -0.05) is 0 Å². The van der Waals surface area contributed by atoms with Crippen LogP contribution in [0.25, 0.3) is 10.9 Å². The lowest BCUT2D eigenvalue weighted by Gasteiger charge is -2.03. The Morgan fingerprint density at radius 1 is 1.42 bits per heavy atom. The van der Waals surface area contributed by atoms with Crippen molar-refractivity contribution >= 4 is 16.6 Å². The summed E-state index contributed by atoms with van der Waals surface area (Å²) in [4.78, 5) is 0. The summed E-state index contributed by atoms with van der Waals surface area (Å²) in [5, 5.41) is 34.1. The highest BCUT2D eigenvalue weighted by atomic mass is 16.3. The van der Waals surface area contributed by atoms with Gasteiger partial charge in [-0.2, -0.15) is 15.6 Å². The maximum Gasteiger partial charge on any atom is 0.145 e. The minimum Gasteiger partial charge on any atom is -0.394 e. The van der Waals surface area contributed by atoms with Crippen molar-refractivity contribution in [3.8, 4) is 12.1 Å². The van der Waals surface area contributed by atoms with Crippen molar-refractivity contribution in [3.05, 3.63) is 36.2 Å². The predicted octanol–water partition coefficient (Wildman–Crippen LogP) is 1.37. The first kappa shape index (κ1) is 12.6. The third-order valence-electron chi connectivity index (χ3n) is 2.58. The number of benzene rings is 1. The number of rotatable bonds is 4. The van der Waals surface area contributed by atoms with Crippen LogP contribution in [0.1, 0.15) is 0 Å². The quantitative estimate of drug-likeness (QED) is 0.802. The monoisotopic (exact) mass is 253 g/mol. The van der Waals surface area contributed by atoms with Crippen LogP contribution in [0.4, 0.5) is 5.69 Å². The molecule has 1 aromatic heterocycles. The van der Waals surface area contributed by atoms with Gasteiger partial charge in [-0.3, -0.25) is 4.68 Å². The summed E-state index contributed by atoms with van der Waals surface area (Å²) in [5.41, 5.74) is 1.69. The Morgan fingerprint density at radius 2 is 2.21 bits per heavy atom. The van der Waals surface area contributed by atoms with Crippen LogP contribution in [0, 0.1) is 22.7 Å². The van der Waals surface area contributed by atoms with E-state index in [-0.39, 0.29) is 12.2 Å². The van der Waals surface area contributed by atoms with Gasteiger partial charge in [-0.25, -0.2) is 0 Å². The Bertz CT molecular complexity index is 686. The molecule has 1 heterocycles. The molecule has 6 nitrogen and oxygen atoms in total. The summed E-state index contributed by atoms with van der Waals surface area (Å²) < 4.78 is 1.71. The number of nitrogens with one attached hydrogen (secondary N) is 1. The molecular weight excluding hydrogens is 242 g/mol. The fourth-order valence-electron chi connectivity index (χ4n) is 1.69. The van der Waals surface area contributed by atoms with Crippen LogP contribution in [-0.4, -0.2) is 21.5 Å². The summed E-state index contributed by atoms with van der Waals surface area (Å²) in [6, 6.07) is 9.09. The molecule has 0 aliphatic carbocycles. The van der Waals surface area contributed by atoms with E-state index in [1.54, 1.807) is 23.0 Å². The number of aromatic nitrogens is 2. The second-order valence-corrected chi connectivity index (χ2v) is 3.79. The van der Waals surface area contributed by atoms with E-state index in [4.69, 9.17) is 15.6 Å². The van der Waals surface area contributed by atoms with E-state index in [0.29, 0.717) is 6.54 Å². The summed E-state index contributed by atoms with van der Waals surface area (Å²) >= 11 is 0. The van der Waals surface area contributed by atoms with Crippen molar-refractivity contribution in [2.24, 2.45) is 0 Å².